The summed E-state index contributed by atoms with van der Waals surface area (Å²) < 4.78 is 15.2. The van der Waals surface area contributed by atoms with E-state index in [9.17, 15) is 9.90 Å². The van der Waals surface area contributed by atoms with Gasteiger partial charge in [-0.15, -0.1) is 0 Å². The Bertz CT molecular complexity index is 766. The van der Waals surface area contributed by atoms with E-state index in [1.807, 2.05) is 0 Å². The van der Waals surface area contributed by atoms with Crippen molar-refractivity contribution in [2.45, 2.75) is 0 Å². The molecule has 0 spiro atoms. The number of phenols is 1. The molecule has 23 heavy (non-hydrogen) atoms. The highest BCUT2D eigenvalue weighted by molar-refractivity contribution is 6.13. The van der Waals surface area contributed by atoms with Crippen LogP contribution in [-0.4, -0.2) is 32.2 Å². The van der Waals surface area contributed by atoms with E-state index in [0.29, 0.717) is 17.1 Å². The van der Waals surface area contributed by atoms with Crippen molar-refractivity contribution in [3.8, 4) is 34.8 Å². The molecule has 0 saturated carbocycles. The molecule has 0 aliphatic rings. The molecule has 0 unspecified atom stereocenters. The van der Waals surface area contributed by atoms with Gasteiger partial charge < -0.3 is 19.3 Å². The van der Waals surface area contributed by atoms with Crippen molar-refractivity contribution in [3.63, 3.8) is 0 Å². The van der Waals surface area contributed by atoms with Gasteiger partial charge in [-0.05, 0) is 30.2 Å². The Labute approximate surface area is 134 Å². The van der Waals surface area contributed by atoms with Crippen molar-refractivity contribution in [1.82, 2.24) is 0 Å². The molecular weight excluding hydrogens is 296 g/mol. The fraction of sp³-hybridized carbons (Fsp3) is 0.167. The third-order valence-electron chi connectivity index (χ3n) is 3.15. The Morgan fingerprint density at radius 2 is 1.61 bits per heavy atom. The van der Waals surface area contributed by atoms with Gasteiger partial charge in [0.1, 0.15) is 28.6 Å². The van der Waals surface area contributed by atoms with Crippen LogP contribution in [0.25, 0.3) is 0 Å². The van der Waals surface area contributed by atoms with E-state index in [-0.39, 0.29) is 17.1 Å². The maximum Gasteiger partial charge on any atom is 0.243 e. The van der Waals surface area contributed by atoms with Crippen LogP contribution in [0.3, 0.4) is 0 Å². The van der Waals surface area contributed by atoms with E-state index in [0.717, 1.165) is 0 Å². The quantitative estimate of drug-likeness (QED) is 0.694. The lowest BCUT2D eigenvalue weighted by Gasteiger charge is -2.09. The summed E-state index contributed by atoms with van der Waals surface area (Å²) in [6.07, 6.45) is 0. The molecule has 0 radical (unpaired) electrons. The lowest BCUT2D eigenvalue weighted by Crippen LogP contribution is -2.01. The fourth-order valence-corrected chi connectivity index (χ4v) is 1.95. The minimum atomic E-state index is -0.544. The number of benzene rings is 2. The second kappa shape index (κ2) is 7.23. The zero-order valence-corrected chi connectivity index (χ0v) is 13.0. The molecule has 2 aromatic carbocycles. The second-order valence-electron chi connectivity index (χ2n) is 4.53. The van der Waals surface area contributed by atoms with Crippen molar-refractivity contribution in [2.75, 3.05) is 21.3 Å². The molecule has 0 aromatic heterocycles. The molecule has 2 rings (SSSR count). The Morgan fingerprint density at radius 3 is 2.17 bits per heavy atom. The monoisotopic (exact) mass is 312 g/mol. The van der Waals surface area contributed by atoms with Gasteiger partial charge in [0.25, 0.3) is 0 Å². The van der Waals surface area contributed by atoms with E-state index in [4.69, 9.17) is 14.2 Å². The molecule has 0 saturated heterocycles. The number of Topliss-reactive ketones (excluding diaryl/α,β-unsaturated/α-hetero) is 1. The number of hydrogen-bond acceptors (Lipinski definition) is 5. The van der Waals surface area contributed by atoms with Gasteiger partial charge in [-0.25, -0.2) is 0 Å². The smallest absolute Gasteiger partial charge is 0.243 e. The summed E-state index contributed by atoms with van der Waals surface area (Å²) in [6, 6.07) is 9.83. The number of rotatable bonds is 4. The summed E-state index contributed by atoms with van der Waals surface area (Å²) >= 11 is 0. The van der Waals surface area contributed by atoms with Crippen LogP contribution in [0, 0.1) is 11.8 Å². The van der Waals surface area contributed by atoms with E-state index >= 15 is 0 Å². The fourth-order valence-electron chi connectivity index (χ4n) is 1.95. The summed E-state index contributed by atoms with van der Waals surface area (Å²) in [5.74, 6) is 5.76. The average molecular weight is 312 g/mol. The number of carbonyl (C=O) groups is 1. The van der Waals surface area contributed by atoms with Crippen LogP contribution < -0.4 is 14.2 Å². The summed E-state index contributed by atoms with van der Waals surface area (Å²) in [4.78, 5) is 12.3. The molecular formula is C18H16O5. The van der Waals surface area contributed by atoms with Crippen molar-refractivity contribution in [3.05, 3.63) is 47.5 Å². The summed E-state index contributed by atoms with van der Waals surface area (Å²) in [6.45, 7) is 0. The van der Waals surface area contributed by atoms with Gasteiger partial charge in [0, 0.05) is 17.7 Å². The molecule has 1 N–H and O–H groups in total. The highest BCUT2D eigenvalue weighted by Gasteiger charge is 2.17. The first kappa shape index (κ1) is 16.2. The third kappa shape index (κ3) is 3.74. The van der Waals surface area contributed by atoms with Crippen LogP contribution >= 0.6 is 0 Å². The highest BCUT2D eigenvalue weighted by atomic mass is 16.5. The predicted octanol–water partition coefficient (Wildman–Crippen LogP) is 2.65. The third-order valence-corrected chi connectivity index (χ3v) is 3.15. The van der Waals surface area contributed by atoms with Gasteiger partial charge in [-0.3, -0.25) is 4.79 Å². The summed E-state index contributed by atoms with van der Waals surface area (Å²) in [5.41, 5.74) is 0.667. The Hall–Kier alpha value is -3.13. The molecule has 5 heteroatoms. The lowest BCUT2D eigenvalue weighted by atomic mass is 10.1. The van der Waals surface area contributed by atoms with Crippen molar-refractivity contribution < 1.29 is 24.1 Å². The average Bonchev–Trinajstić information content (AvgIpc) is 2.59. The van der Waals surface area contributed by atoms with Gasteiger partial charge in [0.05, 0.1) is 21.3 Å². The number of aromatic hydroxyl groups is 1. The van der Waals surface area contributed by atoms with Crippen LogP contribution in [0.15, 0.2) is 36.4 Å². The molecule has 5 nitrogen and oxygen atoms in total. The van der Waals surface area contributed by atoms with Crippen LogP contribution in [0.2, 0.25) is 0 Å². The zero-order chi connectivity index (χ0) is 16.8. The topological polar surface area (TPSA) is 65.0 Å². The first-order valence-electron chi connectivity index (χ1n) is 6.74. The molecule has 0 bridgehead atoms. The molecule has 0 heterocycles. The number of phenolic OH excluding ortho intramolecular Hbond substituents is 1. The van der Waals surface area contributed by atoms with Crippen molar-refractivity contribution in [2.24, 2.45) is 0 Å². The van der Waals surface area contributed by atoms with E-state index in [1.54, 1.807) is 31.4 Å². The molecule has 2 aromatic rings. The Morgan fingerprint density at radius 1 is 0.957 bits per heavy atom. The van der Waals surface area contributed by atoms with Gasteiger partial charge in [0.2, 0.25) is 5.78 Å². The van der Waals surface area contributed by atoms with Crippen LogP contribution in [-0.2, 0) is 0 Å². The van der Waals surface area contributed by atoms with Crippen LogP contribution in [0.1, 0.15) is 15.9 Å². The van der Waals surface area contributed by atoms with Crippen LogP contribution in [0.5, 0.6) is 23.0 Å². The standard InChI is InChI=1S/C18H16O5/c1-21-13-7-4-12(5-8-13)6-9-15(19)18-16(20)10-14(22-2)11-17(18)23-3/h4-5,7-8,10-11,20H,1-3H3. The SMILES string of the molecule is COc1ccc(C#CC(=O)c2c(O)cc(OC)cc2OC)cc1. The number of hydrogen-bond donors (Lipinski definition) is 1. The maximum atomic E-state index is 12.3. The molecule has 0 amide bonds. The normalized spacial score (nSPS) is 9.52. The molecule has 0 aliphatic heterocycles. The number of methoxy groups -OCH3 is 3. The van der Waals surface area contributed by atoms with Gasteiger partial charge >= 0.3 is 0 Å². The maximum absolute atomic E-state index is 12.3. The number of carbonyl (C=O) groups excluding carboxylic acids is 1. The lowest BCUT2D eigenvalue weighted by molar-refractivity contribution is 0.105. The number of ketones is 1. The van der Waals surface area contributed by atoms with Crippen molar-refractivity contribution in [1.29, 1.82) is 0 Å². The zero-order valence-electron chi connectivity index (χ0n) is 13.0. The number of ether oxygens (including phenoxy) is 3. The Kier molecular flexibility index (Phi) is 5.11. The second-order valence-corrected chi connectivity index (χ2v) is 4.53. The van der Waals surface area contributed by atoms with Crippen LogP contribution in [0.4, 0.5) is 0 Å². The van der Waals surface area contributed by atoms with Gasteiger partial charge in [-0.2, -0.15) is 0 Å². The summed E-state index contributed by atoms with van der Waals surface area (Å²) in [7, 11) is 4.43. The first-order chi connectivity index (χ1) is 11.1. The largest absolute Gasteiger partial charge is 0.507 e. The van der Waals surface area contributed by atoms with Gasteiger partial charge in [-0.1, -0.05) is 5.92 Å². The highest BCUT2D eigenvalue weighted by Crippen LogP contribution is 2.33. The molecule has 0 aliphatic carbocycles. The predicted molar refractivity (Wildman–Crippen MR) is 85.4 cm³/mol. The minimum absolute atomic E-state index is 0.00862. The Balaban J connectivity index is 2.32. The van der Waals surface area contributed by atoms with Crippen molar-refractivity contribution >= 4 is 5.78 Å². The van der Waals surface area contributed by atoms with Gasteiger partial charge in [0.15, 0.2) is 0 Å². The van der Waals surface area contributed by atoms with E-state index in [2.05, 4.69) is 11.8 Å². The molecule has 0 fully saturated rings. The summed E-state index contributed by atoms with van der Waals surface area (Å²) in [5, 5.41) is 10.0. The molecule has 118 valence electrons. The van der Waals surface area contributed by atoms with E-state index in [1.165, 1.54) is 26.4 Å². The molecule has 0 atom stereocenters. The minimum Gasteiger partial charge on any atom is -0.507 e. The first-order valence-corrected chi connectivity index (χ1v) is 6.74. The van der Waals surface area contributed by atoms with E-state index < -0.39 is 5.78 Å².